The third kappa shape index (κ3) is 2.95. The van der Waals surface area contributed by atoms with Crippen LogP contribution in [0.5, 0.6) is 0 Å². The Kier molecular flexibility index (Phi) is 4.61. The van der Waals surface area contributed by atoms with Gasteiger partial charge in [-0.15, -0.1) is 0 Å². The number of amides is 2. The lowest BCUT2D eigenvalue weighted by Gasteiger charge is -2.45. The summed E-state index contributed by atoms with van der Waals surface area (Å²) < 4.78 is 0. The van der Waals surface area contributed by atoms with E-state index in [4.69, 9.17) is 0 Å². The van der Waals surface area contributed by atoms with Gasteiger partial charge in [-0.2, -0.15) is 0 Å². The van der Waals surface area contributed by atoms with Crippen LogP contribution in [0, 0.1) is 5.92 Å². The first-order valence-electron chi connectivity index (χ1n) is 9.74. The van der Waals surface area contributed by atoms with E-state index in [-0.39, 0.29) is 18.2 Å². The van der Waals surface area contributed by atoms with E-state index in [2.05, 4.69) is 11.1 Å². The number of carbonyl (C=O) groups is 3. The van der Waals surface area contributed by atoms with Crippen LogP contribution in [0.2, 0.25) is 0 Å². The highest BCUT2D eigenvalue weighted by atomic mass is 16.4. The number of aliphatic carboxylic acids is 1. The van der Waals surface area contributed by atoms with Gasteiger partial charge in [0.15, 0.2) is 0 Å². The molecule has 2 fully saturated rings. The molecule has 7 nitrogen and oxygen atoms in total. The summed E-state index contributed by atoms with van der Waals surface area (Å²) in [6.07, 6.45) is 4.14. The lowest BCUT2D eigenvalue weighted by atomic mass is 9.77. The van der Waals surface area contributed by atoms with Crippen molar-refractivity contribution < 1.29 is 19.5 Å². The lowest BCUT2D eigenvalue weighted by Crippen LogP contribution is -2.56. The van der Waals surface area contributed by atoms with Crippen molar-refractivity contribution in [1.29, 1.82) is 0 Å². The van der Waals surface area contributed by atoms with E-state index in [9.17, 15) is 19.5 Å². The Morgan fingerprint density at radius 1 is 1.25 bits per heavy atom. The van der Waals surface area contributed by atoms with E-state index in [0.29, 0.717) is 38.8 Å². The van der Waals surface area contributed by atoms with Crippen LogP contribution in [0.4, 0.5) is 0 Å². The number of carboxylic acid groups (broad SMARTS) is 1. The van der Waals surface area contributed by atoms with Crippen molar-refractivity contribution in [3.05, 3.63) is 36.0 Å². The molecular weight excluding hydrogens is 358 g/mol. The third-order valence-electron chi connectivity index (χ3n) is 6.63. The molecule has 0 unspecified atom stereocenters. The van der Waals surface area contributed by atoms with Gasteiger partial charge in [0, 0.05) is 50.1 Å². The van der Waals surface area contributed by atoms with Gasteiger partial charge in [0.05, 0.1) is 11.5 Å². The average Bonchev–Trinajstić information content (AvgIpc) is 3.22. The standard InChI is InChI=1S/C21H25N3O4/c1-23-19(26)12-16(20(27)28)21(23)8-10-24(11-9-21)18(25)7-6-14-13-22-17-5-3-2-4-15(14)17/h2-5,13,16,22H,6-12H2,1H3,(H,27,28)/t16-/m0/s1. The van der Waals surface area contributed by atoms with Gasteiger partial charge < -0.3 is 19.9 Å². The van der Waals surface area contributed by atoms with Crippen LogP contribution in [0.15, 0.2) is 30.5 Å². The van der Waals surface area contributed by atoms with Gasteiger partial charge in [-0.25, -0.2) is 0 Å². The van der Waals surface area contributed by atoms with E-state index in [1.807, 2.05) is 29.3 Å². The second-order valence-electron chi connectivity index (χ2n) is 7.89. The molecule has 28 heavy (non-hydrogen) atoms. The monoisotopic (exact) mass is 383 g/mol. The van der Waals surface area contributed by atoms with Crippen molar-refractivity contribution >= 4 is 28.7 Å². The first-order chi connectivity index (χ1) is 13.4. The van der Waals surface area contributed by atoms with Gasteiger partial charge in [-0.05, 0) is 30.9 Å². The summed E-state index contributed by atoms with van der Waals surface area (Å²) in [5, 5.41) is 10.7. The van der Waals surface area contributed by atoms with Gasteiger partial charge in [0.2, 0.25) is 11.8 Å². The molecule has 1 aromatic heterocycles. The van der Waals surface area contributed by atoms with Crippen LogP contribution < -0.4 is 0 Å². The Labute approximate surface area is 163 Å². The molecule has 0 aliphatic carbocycles. The third-order valence-corrected chi connectivity index (χ3v) is 6.63. The summed E-state index contributed by atoms with van der Waals surface area (Å²) in [6.45, 7) is 0.988. The summed E-state index contributed by atoms with van der Waals surface area (Å²) in [4.78, 5) is 43.1. The molecule has 1 atom stereocenters. The molecule has 3 heterocycles. The van der Waals surface area contributed by atoms with Crippen LogP contribution in [0.3, 0.4) is 0 Å². The molecule has 0 radical (unpaired) electrons. The molecule has 1 spiro atoms. The predicted octanol–water partition coefficient (Wildman–Crippen LogP) is 2.02. The fourth-order valence-corrected chi connectivity index (χ4v) is 4.87. The zero-order chi connectivity index (χ0) is 19.9. The lowest BCUT2D eigenvalue weighted by molar-refractivity contribution is -0.147. The van der Waals surface area contributed by atoms with E-state index in [1.165, 1.54) is 0 Å². The Morgan fingerprint density at radius 2 is 1.96 bits per heavy atom. The maximum Gasteiger partial charge on any atom is 0.309 e. The first kappa shape index (κ1) is 18.5. The highest BCUT2D eigenvalue weighted by molar-refractivity contribution is 5.88. The molecule has 2 aromatic rings. The minimum absolute atomic E-state index is 0.0559. The molecule has 2 aliphatic rings. The number of nitrogens with zero attached hydrogens (tertiary/aromatic N) is 2. The molecule has 2 N–H and O–H groups in total. The number of fused-ring (bicyclic) bond motifs is 1. The number of aromatic nitrogens is 1. The fourth-order valence-electron chi connectivity index (χ4n) is 4.87. The summed E-state index contributed by atoms with van der Waals surface area (Å²) in [5.41, 5.74) is 1.54. The zero-order valence-corrected chi connectivity index (χ0v) is 16.0. The molecule has 148 valence electrons. The van der Waals surface area contributed by atoms with Gasteiger partial charge >= 0.3 is 5.97 Å². The second kappa shape index (κ2) is 6.96. The van der Waals surface area contributed by atoms with Crippen LogP contribution in [0.25, 0.3) is 10.9 Å². The van der Waals surface area contributed by atoms with Crippen molar-refractivity contribution in [2.24, 2.45) is 5.92 Å². The number of rotatable bonds is 4. The number of benzene rings is 1. The predicted molar refractivity (Wildman–Crippen MR) is 104 cm³/mol. The van der Waals surface area contributed by atoms with Crippen molar-refractivity contribution in [1.82, 2.24) is 14.8 Å². The topological polar surface area (TPSA) is 93.7 Å². The highest BCUT2D eigenvalue weighted by Crippen LogP contribution is 2.42. The van der Waals surface area contributed by atoms with Gasteiger partial charge in [0.25, 0.3) is 0 Å². The summed E-state index contributed by atoms with van der Waals surface area (Å²) in [7, 11) is 1.69. The Bertz CT molecular complexity index is 927. The molecule has 0 bridgehead atoms. The second-order valence-corrected chi connectivity index (χ2v) is 7.89. The molecule has 1 aromatic carbocycles. The quantitative estimate of drug-likeness (QED) is 0.845. The number of nitrogens with one attached hydrogen (secondary N) is 1. The first-order valence-corrected chi connectivity index (χ1v) is 9.74. The van der Waals surface area contributed by atoms with Crippen molar-refractivity contribution in [2.75, 3.05) is 20.1 Å². The number of aromatic amines is 1. The van der Waals surface area contributed by atoms with Crippen molar-refractivity contribution in [2.45, 2.75) is 37.6 Å². The molecule has 7 heteroatoms. The number of carboxylic acids is 1. The van der Waals surface area contributed by atoms with Crippen LogP contribution in [-0.2, 0) is 20.8 Å². The number of hydrogen-bond acceptors (Lipinski definition) is 3. The number of aryl methyl sites for hydroxylation is 1. The van der Waals surface area contributed by atoms with Gasteiger partial charge in [-0.3, -0.25) is 14.4 Å². The largest absolute Gasteiger partial charge is 0.481 e. The summed E-state index contributed by atoms with van der Waals surface area (Å²) >= 11 is 0. The SMILES string of the molecule is CN1C(=O)C[C@@H](C(=O)O)C12CCN(C(=O)CCc1c[nH]c3ccccc13)CC2. The normalized spacial score (nSPS) is 21.6. The number of para-hydroxylation sites is 1. The molecular formula is C21H25N3O4. The highest BCUT2D eigenvalue weighted by Gasteiger charge is 2.55. The molecule has 2 aliphatic heterocycles. The Morgan fingerprint density at radius 3 is 2.68 bits per heavy atom. The summed E-state index contributed by atoms with van der Waals surface area (Å²) in [5.74, 6) is -1.64. The Hall–Kier alpha value is -2.83. The van der Waals surface area contributed by atoms with E-state index >= 15 is 0 Å². The summed E-state index contributed by atoms with van der Waals surface area (Å²) in [6, 6.07) is 8.04. The van der Waals surface area contributed by atoms with E-state index < -0.39 is 17.4 Å². The van der Waals surface area contributed by atoms with Crippen molar-refractivity contribution in [3.8, 4) is 0 Å². The minimum atomic E-state index is -0.920. The smallest absolute Gasteiger partial charge is 0.309 e. The van der Waals surface area contributed by atoms with Gasteiger partial charge in [-0.1, -0.05) is 18.2 Å². The maximum absolute atomic E-state index is 12.7. The molecule has 2 saturated heterocycles. The fraction of sp³-hybridized carbons (Fsp3) is 0.476. The molecule has 0 saturated carbocycles. The van der Waals surface area contributed by atoms with Crippen molar-refractivity contribution in [3.63, 3.8) is 0 Å². The van der Waals surface area contributed by atoms with Gasteiger partial charge in [0.1, 0.15) is 0 Å². The van der Waals surface area contributed by atoms with E-state index in [1.54, 1.807) is 11.9 Å². The Balaban J connectivity index is 1.39. The van der Waals surface area contributed by atoms with Crippen LogP contribution in [0.1, 0.15) is 31.2 Å². The average molecular weight is 383 g/mol. The number of likely N-dealkylation sites (tertiary alicyclic amines) is 2. The minimum Gasteiger partial charge on any atom is -0.481 e. The maximum atomic E-state index is 12.7. The van der Waals surface area contributed by atoms with E-state index in [0.717, 1.165) is 16.5 Å². The van der Waals surface area contributed by atoms with Crippen LogP contribution in [-0.4, -0.2) is 63.4 Å². The van der Waals surface area contributed by atoms with Crippen LogP contribution >= 0.6 is 0 Å². The number of hydrogen-bond donors (Lipinski definition) is 2. The zero-order valence-electron chi connectivity index (χ0n) is 16.0. The number of piperidine rings is 1. The number of carbonyl (C=O) groups excluding carboxylic acids is 2. The molecule has 2 amide bonds. The molecule has 4 rings (SSSR count). The number of H-pyrrole nitrogens is 1.